The van der Waals surface area contributed by atoms with Gasteiger partial charge in [0.2, 0.25) is 10.0 Å². The molecular weight excluding hydrogens is 418 g/mol. The Kier molecular flexibility index (Phi) is 8.30. The van der Waals surface area contributed by atoms with Crippen LogP contribution >= 0.6 is 0 Å². The number of piperazine rings is 1. The van der Waals surface area contributed by atoms with Gasteiger partial charge in [-0.25, -0.2) is 8.42 Å². The van der Waals surface area contributed by atoms with Crippen molar-refractivity contribution in [2.45, 2.75) is 25.5 Å². The Bertz CT molecular complexity index is 921. The molecule has 0 spiro atoms. The quantitative estimate of drug-likeness (QED) is 0.353. The van der Waals surface area contributed by atoms with Crippen molar-refractivity contribution in [3.05, 3.63) is 47.9 Å². The van der Waals surface area contributed by atoms with Crippen LogP contribution in [0.25, 0.3) is 0 Å². The molecule has 2 heterocycles. The zero-order chi connectivity index (χ0) is 22.1. The summed E-state index contributed by atoms with van der Waals surface area (Å²) < 4.78 is 36.7. The number of hydrogen-bond acceptors (Lipinski definition) is 6. The smallest absolute Gasteiger partial charge is 0.220 e. The van der Waals surface area contributed by atoms with E-state index in [9.17, 15) is 8.42 Å². The highest BCUT2D eigenvalue weighted by Gasteiger charge is 2.28. The Morgan fingerprint density at radius 1 is 1.19 bits per heavy atom. The van der Waals surface area contributed by atoms with E-state index in [-0.39, 0.29) is 5.75 Å². The molecule has 10 heteroatoms. The summed E-state index contributed by atoms with van der Waals surface area (Å²) in [5, 5.41) is 7.03. The lowest BCUT2D eigenvalue weighted by atomic mass is 10.1. The molecular formula is C21H31N5O4S. The number of nitrogens with one attached hydrogen (secondary N) is 1. The molecule has 1 aliphatic rings. The van der Waals surface area contributed by atoms with Crippen molar-refractivity contribution in [3.63, 3.8) is 0 Å². The van der Waals surface area contributed by atoms with E-state index >= 15 is 0 Å². The molecule has 1 saturated heterocycles. The third kappa shape index (κ3) is 6.70. The molecule has 1 aliphatic heterocycles. The van der Waals surface area contributed by atoms with E-state index in [1.807, 2.05) is 19.1 Å². The predicted octanol–water partition coefficient (Wildman–Crippen LogP) is 1.73. The average Bonchev–Trinajstić information content (AvgIpc) is 3.29. The van der Waals surface area contributed by atoms with Crippen LogP contribution in [0, 0.1) is 0 Å². The molecule has 0 amide bonds. The number of guanidine groups is 1. The minimum Gasteiger partial charge on any atom is -0.497 e. The second-order valence-electron chi connectivity index (χ2n) is 7.32. The highest BCUT2D eigenvalue weighted by molar-refractivity contribution is 7.88. The second kappa shape index (κ2) is 11.1. The molecule has 1 fully saturated rings. The van der Waals surface area contributed by atoms with Crippen molar-refractivity contribution in [1.82, 2.24) is 19.7 Å². The van der Waals surface area contributed by atoms with Crippen LogP contribution < -0.4 is 10.1 Å². The Morgan fingerprint density at radius 3 is 2.55 bits per heavy atom. The number of ether oxygens (including phenoxy) is 1. The lowest BCUT2D eigenvalue weighted by molar-refractivity contribution is 0.260. The fourth-order valence-electron chi connectivity index (χ4n) is 3.45. The van der Waals surface area contributed by atoms with Crippen LogP contribution in [-0.4, -0.2) is 75.1 Å². The lowest BCUT2D eigenvalue weighted by Crippen LogP contribution is -2.53. The number of aromatic nitrogens is 1. The molecule has 1 aromatic heterocycles. The number of benzene rings is 1. The van der Waals surface area contributed by atoms with Gasteiger partial charge in [-0.1, -0.05) is 17.3 Å². The van der Waals surface area contributed by atoms with Gasteiger partial charge in [0.05, 0.1) is 12.8 Å². The topological polar surface area (TPSA) is 100 Å². The molecule has 0 radical (unpaired) electrons. The van der Waals surface area contributed by atoms with Gasteiger partial charge in [-0.05, 0) is 37.5 Å². The van der Waals surface area contributed by atoms with Crippen molar-refractivity contribution in [2.24, 2.45) is 4.99 Å². The SMILES string of the molecule is CCNC(=NCCCc1ccc(OC)cc1)N1CCN(S(=O)(=O)Cc2ccon2)CC1. The monoisotopic (exact) mass is 449 g/mol. The fourth-order valence-corrected chi connectivity index (χ4v) is 4.88. The summed E-state index contributed by atoms with van der Waals surface area (Å²) in [7, 11) is -1.74. The first kappa shape index (κ1) is 23.1. The lowest BCUT2D eigenvalue weighted by Gasteiger charge is -2.35. The largest absolute Gasteiger partial charge is 0.497 e. The summed E-state index contributed by atoms with van der Waals surface area (Å²) in [6.07, 6.45) is 3.27. The third-order valence-corrected chi connectivity index (χ3v) is 6.94. The van der Waals surface area contributed by atoms with E-state index in [2.05, 4.69) is 27.5 Å². The molecule has 0 bridgehead atoms. The van der Waals surface area contributed by atoms with Crippen LogP contribution in [-0.2, 0) is 22.2 Å². The van der Waals surface area contributed by atoms with Crippen LogP contribution in [0.4, 0.5) is 0 Å². The highest BCUT2D eigenvalue weighted by Crippen LogP contribution is 2.14. The van der Waals surface area contributed by atoms with Crippen molar-refractivity contribution < 1.29 is 17.7 Å². The summed E-state index contributed by atoms with van der Waals surface area (Å²) in [4.78, 5) is 6.87. The molecule has 0 atom stereocenters. The number of hydrogen-bond donors (Lipinski definition) is 1. The summed E-state index contributed by atoms with van der Waals surface area (Å²) >= 11 is 0. The number of sulfonamides is 1. The van der Waals surface area contributed by atoms with Gasteiger partial charge in [0, 0.05) is 45.3 Å². The van der Waals surface area contributed by atoms with Crippen molar-refractivity contribution in [3.8, 4) is 5.75 Å². The van der Waals surface area contributed by atoms with E-state index in [1.165, 1.54) is 16.1 Å². The zero-order valence-corrected chi connectivity index (χ0v) is 19.0. The normalized spacial score (nSPS) is 15.8. The maximum atomic E-state index is 12.6. The predicted molar refractivity (Wildman–Crippen MR) is 120 cm³/mol. The Balaban J connectivity index is 1.49. The van der Waals surface area contributed by atoms with Crippen molar-refractivity contribution in [1.29, 1.82) is 0 Å². The van der Waals surface area contributed by atoms with Gasteiger partial charge < -0.3 is 19.5 Å². The molecule has 0 aliphatic carbocycles. The molecule has 1 aromatic carbocycles. The first-order valence-corrected chi connectivity index (χ1v) is 12.2. The van der Waals surface area contributed by atoms with Gasteiger partial charge in [-0.15, -0.1) is 0 Å². The summed E-state index contributed by atoms with van der Waals surface area (Å²) in [6.45, 7) is 5.56. The molecule has 2 aromatic rings. The molecule has 0 saturated carbocycles. The van der Waals surface area contributed by atoms with Crippen LogP contribution in [0.1, 0.15) is 24.6 Å². The second-order valence-corrected chi connectivity index (χ2v) is 9.29. The van der Waals surface area contributed by atoms with Gasteiger partial charge in [0.1, 0.15) is 17.8 Å². The molecule has 1 N–H and O–H groups in total. The standard InChI is InChI=1S/C21H31N5O4S/c1-3-22-21(23-11-4-5-18-6-8-20(29-2)9-7-18)25-12-14-26(15-13-25)31(27,28)17-19-10-16-30-24-19/h6-10,16H,3-5,11-15,17H2,1-2H3,(H,22,23). The number of aliphatic imine (C=N–C) groups is 1. The molecule has 31 heavy (non-hydrogen) atoms. The maximum Gasteiger partial charge on any atom is 0.220 e. The van der Waals surface area contributed by atoms with Crippen LogP contribution in [0.5, 0.6) is 5.75 Å². The first-order chi connectivity index (χ1) is 15.0. The zero-order valence-electron chi connectivity index (χ0n) is 18.2. The Hall–Kier alpha value is -2.59. The summed E-state index contributed by atoms with van der Waals surface area (Å²) in [6, 6.07) is 9.67. The number of aryl methyl sites for hydroxylation is 1. The van der Waals surface area contributed by atoms with Crippen molar-refractivity contribution in [2.75, 3.05) is 46.4 Å². The van der Waals surface area contributed by atoms with Crippen LogP contribution in [0.15, 0.2) is 46.1 Å². The Morgan fingerprint density at radius 2 is 1.94 bits per heavy atom. The van der Waals surface area contributed by atoms with Gasteiger partial charge in [-0.3, -0.25) is 4.99 Å². The maximum absolute atomic E-state index is 12.6. The van der Waals surface area contributed by atoms with Gasteiger partial charge in [-0.2, -0.15) is 4.31 Å². The van der Waals surface area contributed by atoms with Crippen LogP contribution in [0.2, 0.25) is 0 Å². The van der Waals surface area contributed by atoms with Gasteiger partial charge >= 0.3 is 0 Å². The number of methoxy groups -OCH3 is 1. The number of rotatable bonds is 9. The van der Waals surface area contributed by atoms with Gasteiger partial charge in [0.25, 0.3) is 0 Å². The molecule has 170 valence electrons. The fraction of sp³-hybridized carbons (Fsp3) is 0.524. The highest BCUT2D eigenvalue weighted by atomic mass is 32.2. The van der Waals surface area contributed by atoms with Crippen molar-refractivity contribution >= 4 is 16.0 Å². The third-order valence-electron chi connectivity index (χ3n) is 5.13. The van der Waals surface area contributed by atoms with E-state index < -0.39 is 10.0 Å². The van der Waals surface area contributed by atoms with E-state index in [4.69, 9.17) is 14.3 Å². The summed E-state index contributed by atoms with van der Waals surface area (Å²) in [5.74, 6) is 1.56. The van der Waals surface area contributed by atoms with E-state index in [1.54, 1.807) is 13.2 Å². The van der Waals surface area contributed by atoms with E-state index in [0.717, 1.165) is 31.1 Å². The number of nitrogens with zero attached hydrogens (tertiary/aromatic N) is 4. The molecule has 9 nitrogen and oxygen atoms in total. The van der Waals surface area contributed by atoms with E-state index in [0.29, 0.717) is 38.4 Å². The summed E-state index contributed by atoms with van der Waals surface area (Å²) in [5.41, 5.74) is 1.68. The first-order valence-electron chi connectivity index (χ1n) is 10.5. The van der Waals surface area contributed by atoms with Gasteiger partial charge in [0.15, 0.2) is 5.96 Å². The molecule has 0 unspecified atom stereocenters. The average molecular weight is 450 g/mol. The van der Waals surface area contributed by atoms with Crippen LogP contribution in [0.3, 0.4) is 0 Å². The minimum absolute atomic E-state index is 0.136. The Labute approximate surface area is 184 Å². The molecule has 3 rings (SSSR count). The minimum atomic E-state index is -3.41.